The molecule has 0 saturated carbocycles. The summed E-state index contributed by atoms with van der Waals surface area (Å²) < 4.78 is 6.43. The van der Waals surface area contributed by atoms with Crippen LogP contribution in [-0.4, -0.2) is 60.1 Å². The Morgan fingerprint density at radius 2 is 1.97 bits per heavy atom. The molecule has 8 nitrogen and oxygen atoms in total. The molecule has 0 N–H and O–H groups in total. The van der Waals surface area contributed by atoms with Gasteiger partial charge >= 0.3 is 5.00 Å². The van der Waals surface area contributed by atoms with Crippen LogP contribution in [0.4, 0.5) is 10.1 Å². The molecule has 0 spiro atoms. The van der Waals surface area contributed by atoms with Gasteiger partial charge in [0.05, 0.1) is 33.2 Å². The highest BCUT2D eigenvalue weighted by Gasteiger charge is 2.25. The second-order valence-electron chi connectivity index (χ2n) is 7.56. The average Bonchev–Trinajstić information content (AvgIpc) is 3.39. The molecule has 0 bridgehead atoms. The van der Waals surface area contributed by atoms with Crippen molar-refractivity contribution in [2.75, 3.05) is 44.3 Å². The lowest BCUT2D eigenvalue weighted by atomic mass is 10.1. The third kappa shape index (κ3) is 4.93. The number of amides is 1. The Hall–Kier alpha value is -2.40. The lowest BCUT2D eigenvalue weighted by Gasteiger charge is -2.27. The van der Waals surface area contributed by atoms with Gasteiger partial charge in [-0.2, -0.15) is 0 Å². The minimum absolute atomic E-state index is 0.0350. The van der Waals surface area contributed by atoms with E-state index in [1.165, 1.54) is 29.0 Å². The second-order valence-corrected chi connectivity index (χ2v) is 9.63. The molecule has 1 saturated heterocycles. The first-order valence-electron chi connectivity index (χ1n) is 10.2. The number of aryl methyl sites for hydroxylation is 2. The van der Waals surface area contributed by atoms with Crippen LogP contribution < -0.4 is 4.90 Å². The zero-order valence-corrected chi connectivity index (χ0v) is 19.1. The minimum atomic E-state index is -0.465. The summed E-state index contributed by atoms with van der Waals surface area (Å²) in [7, 11) is 0. The Morgan fingerprint density at radius 3 is 2.68 bits per heavy atom. The number of hydrogen-bond acceptors (Lipinski definition) is 8. The molecule has 4 rings (SSSR count). The maximum atomic E-state index is 13.3. The van der Waals surface area contributed by atoms with Crippen LogP contribution in [0.25, 0.3) is 10.2 Å². The summed E-state index contributed by atoms with van der Waals surface area (Å²) in [5.41, 5.74) is 3.21. The largest absolute Gasteiger partial charge is 0.379 e. The molecule has 1 aliphatic rings. The maximum Gasteiger partial charge on any atom is 0.324 e. The van der Waals surface area contributed by atoms with Gasteiger partial charge in [0.15, 0.2) is 5.13 Å². The number of nitrogens with zero attached hydrogens (tertiary/aromatic N) is 4. The normalized spacial score (nSPS) is 14.8. The Labute approximate surface area is 188 Å². The van der Waals surface area contributed by atoms with Crippen molar-refractivity contribution in [2.45, 2.75) is 20.3 Å². The molecular weight excluding hydrogens is 436 g/mol. The molecule has 0 aliphatic carbocycles. The Balaban J connectivity index is 1.59. The zero-order valence-electron chi connectivity index (χ0n) is 17.5. The highest BCUT2D eigenvalue weighted by Crippen LogP contribution is 2.33. The number of thiophene rings is 1. The Kier molecular flexibility index (Phi) is 6.61. The summed E-state index contributed by atoms with van der Waals surface area (Å²) in [6.45, 7) is 8.72. The summed E-state index contributed by atoms with van der Waals surface area (Å²) >= 11 is 2.39. The SMILES string of the molecule is Cc1cc2nc(N(CCCN3CCOCC3)C(=O)c3ccc([N+](=O)[O-])s3)sc2cc1C. The average molecular weight is 461 g/mol. The predicted octanol–water partition coefficient (Wildman–Crippen LogP) is 4.25. The summed E-state index contributed by atoms with van der Waals surface area (Å²) in [5.74, 6) is -0.243. The third-order valence-electron chi connectivity index (χ3n) is 5.41. The number of benzene rings is 1. The summed E-state index contributed by atoms with van der Waals surface area (Å²) in [5, 5.41) is 11.7. The molecule has 1 amide bonds. The van der Waals surface area contributed by atoms with Crippen molar-refractivity contribution in [3.8, 4) is 0 Å². The van der Waals surface area contributed by atoms with Crippen LogP contribution in [0.15, 0.2) is 24.3 Å². The van der Waals surface area contributed by atoms with Gasteiger partial charge in [0.25, 0.3) is 5.91 Å². The van der Waals surface area contributed by atoms with Crippen LogP contribution in [0.1, 0.15) is 27.2 Å². The highest BCUT2D eigenvalue weighted by molar-refractivity contribution is 7.22. The summed E-state index contributed by atoms with van der Waals surface area (Å²) in [6.07, 6.45) is 0.785. The number of hydrogen-bond donors (Lipinski definition) is 0. The maximum absolute atomic E-state index is 13.3. The van der Waals surface area contributed by atoms with Crippen molar-refractivity contribution in [1.29, 1.82) is 0 Å². The predicted molar refractivity (Wildman–Crippen MR) is 124 cm³/mol. The lowest BCUT2D eigenvalue weighted by molar-refractivity contribution is -0.380. The molecule has 1 aromatic carbocycles. The third-order valence-corrected chi connectivity index (χ3v) is 7.48. The van der Waals surface area contributed by atoms with E-state index < -0.39 is 4.92 Å². The van der Waals surface area contributed by atoms with Crippen LogP contribution >= 0.6 is 22.7 Å². The van der Waals surface area contributed by atoms with Gasteiger partial charge in [0.1, 0.15) is 0 Å². The molecule has 0 atom stereocenters. The van der Waals surface area contributed by atoms with E-state index in [0.717, 1.165) is 66.4 Å². The number of carbonyl (C=O) groups is 1. The fourth-order valence-electron chi connectivity index (χ4n) is 3.52. The van der Waals surface area contributed by atoms with Crippen molar-refractivity contribution >= 4 is 48.9 Å². The fraction of sp³-hybridized carbons (Fsp3) is 0.429. The topological polar surface area (TPSA) is 88.8 Å². The number of nitro groups is 1. The van der Waals surface area contributed by atoms with E-state index in [0.29, 0.717) is 16.6 Å². The fourth-order valence-corrected chi connectivity index (χ4v) is 5.36. The molecule has 10 heteroatoms. The number of carbonyl (C=O) groups excluding carboxylic acids is 1. The van der Waals surface area contributed by atoms with E-state index in [4.69, 9.17) is 9.72 Å². The molecule has 0 unspecified atom stereocenters. The van der Waals surface area contributed by atoms with E-state index in [1.807, 2.05) is 13.0 Å². The molecule has 164 valence electrons. The van der Waals surface area contributed by atoms with Gasteiger partial charge < -0.3 is 4.74 Å². The molecule has 2 aromatic heterocycles. The second kappa shape index (κ2) is 9.39. The number of thiazole rings is 1. The van der Waals surface area contributed by atoms with Gasteiger partial charge in [0, 0.05) is 32.2 Å². The van der Waals surface area contributed by atoms with E-state index in [2.05, 4.69) is 17.9 Å². The van der Waals surface area contributed by atoms with Crippen LogP contribution in [0.2, 0.25) is 0 Å². The minimum Gasteiger partial charge on any atom is -0.379 e. The Morgan fingerprint density at radius 1 is 1.23 bits per heavy atom. The summed E-state index contributed by atoms with van der Waals surface area (Å²) in [6, 6.07) is 7.05. The van der Waals surface area contributed by atoms with E-state index in [1.54, 1.807) is 4.90 Å². The highest BCUT2D eigenvalue weighted by atomic mass is 32.1. The molecule has 0 radical (unpaired) electrons. The molecule has 1 aliphatic heterocycles. The number of rotatable bonds is 7. The smallest absolute Gasteiger partial charge is 0.324 e. The van der Waals surface area contributed by atoms with Crippen molar-refractivity contribution in [3.63, 3.8) is 0 Å². The molecule has 3 heterocycles. The van der Waals surface area contributed by atoms with Crippen molar-refractivity contribution < 1.29 is 14.5 Å². The lowest BCUT2D eigenvalue weighted by Crippen LogP contribution is -2.39. The Bertz CT molecular complexity index is 1070. The van der Waals surface area contributed by atoms with Crippen LogP contribution in [0.3, 0.4) is 0 Å². The number of aromatic nitrogens is 1. The first-order valence-corrected chi connectivity index (χ1v) is 11.8. The first kappa shape index (κ1) is 21.8. The monoisotopic (exact) mass is 460 g/mol. The van der Waals surface area contributed by atoms with Gasteiger partial charge in [-0.15, -0.1) is 0 Å². The molecule has 3 aromatic rings. The first-order chi connectivity index (χ1) is 14.9. The molecule has 1 fully saturated rings. The van der Waals surface area contributed by atoms with E-state index in [-0.39, 0.29) is 10.9 Å². The van der Waals surface area contributed by atoms with Gasteiger partial charge in [-0.25, -0.2) is 4.98 Å². The van der Waals surface area contributed by atoms with Crippen molar-refractivity contribution in [1.82, 2.24) is 9.88 Å². The summed E-state index contributed by atoms with van der Waals surface area (Å²) in [4.78, 5) is 33.0. The number of ether oxygens (including phenoxy) is 1. The molecule has 31 heavy (non-hydrogen) atoms. The van der Waals surface area contributed by atoms with Gasteiger partial charge in [-0.05, 0) is 49.6 Å². The number of morpholine rings is 1. The van der Waals surface area contributed by atoms with Gasteiger partial charge in [-0.1, -0.05) is 22.7 Å². The van der Waals surface area contributed by atoms with Gasteiger partial charge in [0.2, 0.25) is 0 Å². The van der Waals surface area contributed by atoms with E-state index in [9.17, 15) is 14.9 Å². The van der Waals surface area contributed by atoms with Crippen molar-refractivity contribution in [2.24, 2.45) is 0 Å². The van der Waals surface area contributed by atoms with Crippen molar-refractivity contribution in [3.05, 3.63) is 50.4 Å². The molecular formula is C21H24N4O4S2. The van der Waals surface area contributed by atoms with E-state index >= 15 is 0 Å². The number of anilines is 1. The quantitative estimate of drug-likeness (QED) is 0.387. The standard InChI is InChI=1S/C21H24N4O4S2/c1-14-12-16-18(13-15(14)2)31-21(22-16)24(7-3-6-23-8-10-29-11-9-23)20(26)17-4-5-19(30-17)25(27)28/h4-5,12-13H,3,6-11H2,1-2H3. The van der Waals surface area contributed by atoms with Crippen LogP contribution in [0.5, 0.6) is 0 Å². The van der Waals surface area contributed by atoms with Gasteiger partial charge in [-0.3, -0.25) is 24.7 Å². The van der Waals surface area contributed by atoms with Crippen LogP contribution in [-0.2, 0) is 4.74 Å². The zero-order chi connectivity index (χ0) is 22.0. The number of fused-ring (bicyclic) bond motifs is 1. The van der Waals surface area contributed by atoms with Crippen LogP contribution in [0, 0.1) is 24.0 Å².